The summed E-state index contributed by atoms with van der Waals surface area (Å²) in [5.74, 6) is 0.599. The van der Waals surface area contributed by atoms with Gasteiger partial charge in [0.25, 0.3) is 0 Å². The lowest BCUT2D eigenvalue weighted by Gasteiger charge is -2.15. The van der Waals surface area contributed by atoms with Crippen LogP contribution in [0.3, 0.4) is 0 Å². The predicted octanol–water partition coefficient (Wildman–Crippen LogP) is 4.93. The van der Waals surface area contributed by atoms with Crippen LogP contribution in [0.5, 0.6) is 11.5 Å². The second-order valence-corrected chi connectivity index (χ2v) is 6.16. The fourth-order valence-electron chi connectivity index (χ4n) is 3.14. The van der Waals surface area contributed by atoms with Crippen molar-refractivity contribution in [1.29, 1.82) is 0 Å². The third-order valence-electron chi connectivity index (χ3n) is 4.67. The zero-order chi connectivity index (χ0) is 15.7. The normalized spacial score (nSPS) is 18.5. The van der Waals surface area contributed by atoms with Gasteiger partial charge in [0.1, 0.15) is 11.5 Å². The molecular weight excluding hydrogens is 272 g/mol. The van der Waals surface area contributed by atoms with Gasteiger partial charge in [0.2, 0.25) is 0 Å². The van der Waals surface area contributed by atoms with E-state index in [9.17, 15) is 10.2 Å². The van der Waals surface area contributed by atoms with E-state index in [4.69, 9.17) is 0 Å². The molecule has 2 aromatic rings. The molecule has 0 saturated heterocycles. The molecule has 114 valence electrons. The molecule has 0 heterocycles. The van der Waals surface area contributed by atoms with E-state index in [1.54, 1.807) is 12.1 Å². The van der Waals surface area contributed by atoms with Gasteiger partial charge in [-0.2, -0.15) is 0 Å². The topological polar surface area (TPSA) is 40.5 Å². The maximum absolute atomic E-state index is 10.2. The molecule has 0 aromatic heterocycles. The second-order valence-electron chi connectivity index (χ2n) is 6.16. The number of allylic oxidation sites excluding steroid dienone is 2. The Labute approximate surface area is 131 Å². The molecule has 2 N–H and O–H groups in total. The van der Waals surface area contributed by atoms with E-state index in [2.05, 4.69) is 12.1 Å². The molecule has 1 aliphatic rings. The van der Waals surface area contributed by atoms with E-state index in [0.29, 0.717) is 11.5 Å². The van der Waals surface area contributed by atoms with Crippen LogP contribution in [0.2, 0.25) is 0 Å². The van der Waals surface area contributed by atoms with Crippen molar-refractivity contribution in [3.05, 3.63) is 58.7 Å². The maximum Gasteiger partial charge on any atom is 0.123 e. The molecule has 4 bridgehead atoms. The van der Waals surface area contributed by atoms with Crippen molar-refractivity contribution in [2.24, 2.45) is 0 Å². The molecule has 3 rings (SSSR count). The van der Waals surface area contributed by atoms with Crippen LogP contribution in [0.1, 0.15) is 48.9 Å². The summed E-state index contributed by atoms with van der Waals surface area (Å²) >= 11 is 0. The molecule has 0 aliphatic heterocycles. The van der Waals surface area contributed by atoms with Crippen molar-refractivity contribution in [3.63, 3.8) is 0 Å². The molecule has 0 fully saturated rings. The van der Waals surface area contributed by atoms with E-state index in [0.717, 1.165) is 48.0 Å². The Morgan fingerprint density at radius 3 is 1.50 bits per heavy atom. The van der Waals surface area contributed by atoms with Gasteiger partial charge in [0.05, 0.1) is 0 Å². The summed E-state index contributed by atoms with van der Waals surface area (Å²) in [6.07, 6.45) is 4.32. The number of fused-ring (bicyclic) bond motifs is 4. The van der Waals surface area contributed by atoms with Gasteiger partial charge < -0.3 is 10.2 Å². The SMILES string of the molecule is C/C1=C(\C)c2cc(ccc2O)CCCCc2ccc(O)c1c2. The first-order valence-electron chi connectivity index (χ1n) is 7.88. The Balaban J connectivity index is 2.23. The zero-order valence-electron chi connectivity index (χ0n) is 13.2. The lowest BCUT2D eigenvalue weighted by Crippen LogP contribution is -1.96. The number of rotatable bonds is 0. The van der Waals surface area contributed by atoms with Crippen LogP contribution in [0.15, 0.2) is 36.4 Å². The molecule has 0 unspecified atom stereocenters. The van der Waals surface area contributed by atoms with Gasteiger partial charge in [0.15, 0.2) is 0 Å². The maximum atomic E-state index is 10.2. The summed E-state index contributed by atoms with van der Waals surface area (Å²) in [5, 5.41) is 20.4. The number of phenols is 2. The van der Waals surface area contributed by atoms with E-state index in [1.165, 1.54) is 11.1 Å². The average Bonchev–Trinajstić information content (AvgIpc) is 2.52. The minimum Gasteiger partial charge on any atom is -0.507 e. The molecule has 0 radical (unpaired) electrons. The minimum atomic E-state index is 0.299. The Hall–Kier alpha value is -2.22. The van der Waals surface area contributed by atoms with Crippen LogP contribution >= 0.6 is 0 Å². The monoisotopic (exact) mass is 294 g/mol. The van der Waals surface area contributed by atoms with E-state index in [1.807, 2.05) is 26.0 Å². The van der Waals surface area contributed by atoms with Crippen LogP contribution in [0.25, 0.3) is 11.1 Å². The summed E-state index contributed by atoms with van der Waals surface area (Å²) < 4.78 is 0. The van der Waals surface area contributed by atoms with Crippen LogP contribution in [0, 0.1) is 0 Å². The lowest BCUT2D eigenvalue weighted by atomic mass is 9.91. The quantitative estimate of drug-likeness (QED) is 0.723. The molecule has 0 spiro atoms. The van der Waals surface area contributed by atoms with E-state index >= 15 is 0 Å². The van der Waals surface area contributed by atoms with Gasteiger partial charge in [-0.1, -0.05) is 12.1 Å². The fraction of sp³-hybridized carbons (Fsp3) is 0.300. The van der Waals surface area contributed by atoms with E-state index < -0.39 is 0 Å². The Morgan fingerprint density at radius 1 is 0.682 bits per heavy atom. The van der Waals surface area contributed by atoms with Crippen molar-refractivity contribution >= 4 is 11.1 Å². The lowest BCUT2D eigenvalue weighted by molar-refractivity contribution is 0.472. The second kappa shape index (κ2) is 5.88. The summed E-state index contributed by atoms with van der Waals surface area (Å²) in [6, 6.07) is 11.7. The van der Waals surface area contributed by atoms with Gasteiger partial charge in [-0.3, -0.25) is 0 Å². The van der Waals surface area contributed by atoms with Gasteiger partial charge in [-0.15, -0.1) is 0 Å². The Morgan fingerprint density at radius 2 is 1.09 bits per heavy atom. The summed E-state index contributed by atoms with van der Waals surface area (Å²) in [7, 11) is 0. The average molecular weight is 294 g/mol. The van der Waals surface area contributed by atoms with E-state index in [-0.39, 0.29) is 0 Å². The summed E-state index contributed by atoms with van der Waals surface area (Å²) in [4.78, 5) is 0. The third-order valence-corrected chi connectivity index (χ3v) is 4.67. The highest BCUT2D eigenvalue weighted by Gasteiger charge is 2.13. The first kappa shape index (κ1) is 14.7. The predicted molar refractivity (Wildman–Crippen MR) is 91.0 cm³/mol. The van der Waals surface area contributed by atoms with Crippen LogP contribution < -0.4 is 0 Å². The third kappa shape index (κ3) is 2.74. The minimum absolute atomic E-state index is 0.299. The van der Waals surface area contributed by atoms with Crippen molar-refractivity contribution < 1.29 is 10.2 Å². The molecular formula is C20H22O2. The Bertz CT molecular complexity index is 678. The number of aromatic hydroxyl groups is 2. The zero-order valence-corrected chi connectivity index (χ0v) is 13.2. The Kier molecular flexibility index (Phi) is 3.93. The van der Waals surface area contributed by atoms with Crippen LogP contribution in [-0.2, 0) is 12.8 Å². The highest BCUT2D eigenvalue weighted by Crippen LogP contribution is 2.36. The van der Waals surface area contributed by atoms with Crippen LogP contribution in [0.4, 0.5) is 0 Å². The van der Waals surface area contributed by atoms with Gasteiger partial charge >= 0.3 is 0 Å². The summed E-state index contributed by atoms with van der Waals surface area (Å²) in [6.45, 7) is 4.01. The van der Waals surface area contributed by atoms with Crippen molar-refractivity contribution in [3.8, 4) is 11.5 Å². The largest absolute Gasteiger partial charge is 0.507 e. The number of benzene rings is 2. The first-order valence-corrected chi connectivity index (χ1v) is 7.88. The molecule has 1 aliphatic carbocycles. The molecule has 0 saturated carbocycles. The number of aryl methyl sites for hydroxylation is 2. The van der Waals surface area contributed by atoms with Crippen molar-refractivity contribution in [2.75, 3.05) is 0 Å². The standard InChI is InChI=1S/C20H22O2/c1-13-14(2)18-12-16(8-10-20(18)22)6-4-3-5-15-7-9-19(21)17(13)11-15/h7-12,21-22H,3-6H2,1-2H3/b14-13-. The number of phenolic OH excluding ortho intramolecular Hbond substituents is 2. The van der Waals surface area contributed by atoms with Crippen LogP contribution in [-0.4, -0.2) is 10.2 Å². The van der Waals surface area contributed by atoms with Gasteiger partial charge in [-0.25, -0.2) is 0 Å². The summed E-state index contributed by atoms with van der Waals surface area (Å²) in [5.41, 5.74) is 6.25. The number of hydrogen-bond donors (Lipinski definition) is 2. The molecule has 22 heavy (non-hydrogen) atoms. The van der Waals surface area contributed by atoms with Gasteiger partial charge in [0, 0.05) is 11.1 Å². The van der Waals surface area contributed by atoms with Crippen molar-refractivity contribution in [1.82, 2.24) is 0 Å². The molecule has 0 amide bonds. The fourth-order valence-corrected chi connectivity index (χ4v) is 3.14. The number of hydrogen-bond acceptors (Lipinski definition) is 2. The molecule has 2 aromatic carbocycles. The van der Waals surface area contributed by atoms with Crippen molar-refractivity contribution in [2.45, 2.75) is 39.5 Å². The molecule has 2 nitrogen and oxygen atoms in total. The highest BCUT2D eigenvalue weighted by molar-refractivity contribution is 5.92. The highest BCUT2D eigenvalue weighted by atomic mass is 16.3. The molecule has 0 atom stereocenters. The van der Waals surface area contributed by atoms with Gasteiger partial charge in [-0.05, 0) is 86.1 Å². The molecule has 2 heteroatoms. The smallest absolute Gasteiger partial charge is 0.123 e. The first-order chi connectivity index (χ1) is 10.6.